The van der Waals surface area contributed by atoms with E-state index in [1.807, 2.05) is 60.7 Å². The summed E-state index contributed by atoms with van der Waals surface area (Å²) in [5.41, 5.74) is 0.214. The quantitative estimate of drug-likeness (QED) is 0.0307. The summed E-state index contributed by atoms with van der Waals surface area (Å²) < 4.78 is 31.9. The molecule has 3 heterocycles. The number of fused-ring (bicyclic) bond motifs is 1. The Labute approximate surface area is 442 Å². The van der Waals surface area contributed by atoms with Gasteiger partial charge in [0.2, 0.25) is 15.1 Å². The fourth-order valence-electron chi connectivity index (χ4n) is 6.84. The molecule has 21 nitrogen and oxygen atoms in total. The lowest BCUT2D eigenvalue weighted by atomic mass is 10.0. The van der Waals surface area contributed by atoms with Gasteiger partial charge in [-0.05, 0) is 80.8 Å². The van der Waals surface area contributed by atoms with Gasteiger partial charge < -0.3 is 39.1 Å². The number of aromatic nitrogens is 4. The normalized spacial score (nSPS) is 16.5. The molecule has 73 heavy (non-hydrogen) atoms. The van der Waals surface area contributed by atoms with Crippen LogP contribution in [0.5, 0.6) is 0 Å². The third-order valence-corrected chi connectivity index (χ3v) is 12.7. The van der Waals surface area contributed by atoms with Gasteiger partial charge in [-0.25, -0.2) is 28.7 Å². The molecule has 2 aliphatic heterocycles. The number of thioether (sulfide) groups is 2. The number of ether oxygens (including phenoxy) is 6. The molecular weight excluding hydrogens is 1060 g/mol. The molecule has 1 aromatic heterocycles. The standard InChI is InChI=1S/C47H51Cl3N8O13S2/c1-45(2,3)70-39(61)31(52-43(64)71-46(4,5)6)22-66-42(63)51-30-20-18-28(19-21-30)35(69-44(65)67-25-47(48,49)50)36(59)53-32-37(60)58-33(29(23-72-38(32)58)24-73-41-54-55-56-57(41)7)40(62)68-34(26-14-10-8-11-15-26)27-16-12-9-13-17-27/h8-21,31-32,34-35,38H,22-25H2,1-7H3,(H,51,63)(H,52,64)(H,53,59)/t31?,32-,35-,38-/m1/s1. The van der Waals surface area contributed by atoms with Crippen molar-refractivity contribution >= 4 is 106 Å². The van der Waals surface area contributed by atoms with Crippen LogP contribution in [0.2, 0.25) is 0 Å². The summed E-state index contributed by atoms with van der Waals surface area (Å²) in [6.07, 6.45) is -6.06. The highest BCUT2D eigenvalue weighted by Crippen LogP contribution is 2.43. The Morgan fingerprint density at radius 2 is 1.42 bits per heavy atom. The number of hydrogen-bond acceptors (Lipinski definition) is 18. The van der Waals surface area contributed by atoms with Crippen LogP contribution in [0.3, 0.4) is 0 Å². The molecule has 26 heteroatoms. The van der Waals surface area contributed by atoms with Gasteiger partial charge in [-0.15, -0.1) is 16.9 Å². The molecule has 0 bridgehead atoms. The number of rotatable bonds is 17. The number of nitrogens with one attached hydrogen (secondary N) is 3. The molecule has 0 saturated carbocycles. The molecule has 3 N–H and O–H groups in total. The Hall–Kier alpha value is -6.27. The zero-order valence-electron chi connectivity index (χ0n) is 40.3. The Morgan fingerprint density at radius 1 is 0.808 bits per heavy atom. The maximum Gasteiger partial charge on any atom is 0.509 e. The summed E-state index contributed by atoms with van der Waals surface area (Å²) in [4.78, 5) is 95.6. The minimum atomic E-state index is -2.03. The van der Waals surface area contributed by atoms with Gasteiger partial charge >= 0.3 is 30.3 Å². The van der Waals surface area contributed by atoms with Gasteiger partial charge in [0.15, 0.2) is 12.1 Å². The third-order valence-electron chi connectivity index (χ3n) is 9.95. The molecule has 0 spiro atoms. The largest absolute Gasteiger partial charge is 0.509 e. The van der Waals surface area contributed by atoms with Gasteiger partial charge in [-0.3, -0.25) is 19.8 Å². The summed E-state index contributed by atoms with van der Waals surface area (Å²) in [7, 11) is 1.66. The lowest BCUT2D eigenvalue weighted by Gasteiger charge is -2.50. The van der Waals surface area contributed by atoms with Crippen LogP contribution in [0.4, 0.5) is 20.1 Å². The number of amides is 4. The number of esters is 2. The zero-order chi connectivity index (χ0) is 53.3. The smallest absolute Gasteiger partial charge is 0.458 e. The van der Waals surface area contributed by atoms with Crippen molar-refractivity contribution < 1.29 is 62.0 Å². The van der Waals surface area contributed by atoms with E-state index in [1.54, 1.807) is 48.6 Å². The van der Waals surface area contributed by atoms with E-state index in [0.29, 0.717) is 21.9 Å². The van der Waals surface area contributed by atoms with Crippen LogP contribution in [0, 0.1) is 0 Å². The first kappa shape index (κ1) is 56.0. The number of hydrogen-bond donors (Lipinski definition) is 3. The van der Waals surface area contributed by atoms with E-state index in [1.165, 1.54) is 57.4 Å². The number of anilines is 1. The predicted molar refractivity (Wildman–Crippen MR) is 268 cm³/mol. The van der Waals surface area contributed by atoms with Gasteiger partial charge in [0.1, 0.15) is 41.5 Å². The molecule has 1 saturated heterocycles. The van der Waals surface area contributed by atoms with E-state index in [4.69, 9.17) is 63.2 Å². The molecule has 4 atom stereocenters. The summed E-state index contributed by atoms with van der Waals surface area (Å²) in [5, 5.41) is 18.7. The second kappa shape index (κ2) is 24.2. The molecule has 4 amide bonds. The Bertz CT molecular complexity index is 2640. The van der Waals surface area contributed by atoms with E-state index in [-0.39, 0.29) is 28.5 Å². The number of benzene rings is 3. The molecule has 1 fully saturated rings. The number of carbonyl (C=O) groups is 7. The molecule has 390 valence electrons. The van der Waals surface area contributed by atoms with E-state index in [0.717, 1.165) is 0 Å². The number of tetrazole rings is 1. The number of aryl methyl sites for hydroxylation is 1. The molecule has 4 aromatic rings. The molecular formula is C47H51Cl3N8O13S2. The number of β-lactam (4-membered cyclic amide) rings is 1. The summed E-state index contributed by atoms with van der Waals surface area (Å²) >= 11 is 19.9. The summed E-state index contributed by atoms with van der Waals surface area (Å²) in [6, 6.07) is 20.9. The van der Waals surface area contributed by atoms with Crippen molar-refractivity contribution in [2.24, 2.45) is 7.05 Å². The molecule has 0 radical (unpaired) electrons. The fourth-order valence-corrected chi connectivity index (χ4v) is 9.34. The summed E-state index contributed by atoms with van der Waals surface area (Å²) in [6.45, 7) is 8.34. The molecule has 3 aromatic carbocycles. The lowest BCUT2D eigenvalue weighted by Crippen LogP contribution is -2.71. The van der Waals surface area contributed by atoms with Crippen LogP contribution in [-0.4, -0.2) is 124 Å². The molecule has 2 aliphatic rings. The second-order valence-electron chi connectivity index (χ2n) is 18.1. The SMILES string of the molecule is Cn1nnnc1SCC1=C(C(=O)OC(c2ccccc2)c2ccccc2)N2C(=O)[C@@H](NC(=O)[C@H](OC(=O)OCC(Cl)(Cl)Cl)c3ccc(NC(=O)OCC(NC(=O)OC(C)(C)C)C(=O)OC(C)(C)C)cc3)[C@H]2SC1. The maximum atomic E-state index is 14.5. The Kier molecular flexibility index (Phi) is 18.6. The van der Waals surface area contributed by atoms with Crippen molar-refractivity contribution in [3.8, 4) is 0 Å². The van der Waals surface area contributed by atoms with Crippen LogP contribution in [0.1, 0.15) is 70.4 Å². The van der Waals surface area contributed by atoms with Crippen LogP contribution >= 0.6 is 58.3 Å². The van der Waals surface area contributed by atoms with E-state index in [2.05, 4.69) is 31.5 Å². The van der Waals surface area contributed by atoms with Crippen molar-refractivity contribution in [1.82, 2.24) is 35.7 Å². The zero-order valence-corrected chi connectivity index (χ0v) is 44.2. The average molecular weight is 1110 g/mol. The first-order valence-electron chi connectivity index (χ1n) is 22.1. The minimum Gasteiger partial charge on any atom is -0.458 e. The van der Waals surface area contributed by atoms with Crippen LogP contribution in [0.25, 0.3) is 0 Å². The first-order chi connectivity index (χ1) is 34.4. The second-order valence-corrected chi connectivity index (χ2v) is 22.6. The van der Waals surface area contributed by atoms with Gasteiger partial charge in [0, 0.05) is 29.8 Å². The predicted octanol–water partition coefficient (Wildman–Crippen LogP) is 7.34. The number of alkyl halides is 3. The van der Waals surface area contributed by atoms with Crippen molar-refractivity contribution in [3.05, 3.63) is 113 Å². The maximum absolute atomic E-state index is 14.5. The molecule has 0 aliphatic carbocycles. The Balaban J connectivity index is 1.19. The van der Waals surface area contributed by atoms with Gasteiger partial charge in [-0.1, -0.05) is 119 Å². The van der Waals surface area contributed by atoms with Crippen LogP contribution < -0.4 is 16.0 Å². The summed E-state index contributed by atoms with van der Waals surface area (Å²) in [5.74, 6) is -2.89. The third kappa shape index (κ3) is 16.1. The van der Waals surface area contributed by atoms with Crippen molar-refractivity contribution in [2.75, 3.05) is 30.0 Å². The number of nitrogens with zero attached hydrogens (tertiary/aromatic N) is 5. The van der Waals surface area contributed by atoms with Crippen molar-refractivity contribution in [2.45, 2.75) is 91.4 Å². The monoisotopic (exact) mass is 1100 g/mol. The Morgan fingerprint density at radius 3 is 1.99 bits per heavy atom. The van der Waals surface area contributed by atoms with Crippen molar-refractivity contribution in [3.63, 3.8) is 0 Å². The topological polar surface area (TPSA) is 258 Å². The van der Waals surface area contributed by atoms with Crippen molar-refractivity contribution in [1.29, 1.82) is 0 Å². The molecule has 6 rings (SSSR count). The van der Waals surface area contributed by atoms with E-state index >= 15 is 0 Å². The highest BCUT2D eigenvalue weighted by Gasteiger charge is 2.55. The lowest BCUT2D eigenvalue weighted by molar-refractivity contribution is -0.158. The average Bonchev–Trinajstić information content (AvgIpc) is 3.74. The highest BCUT2D eigenvalue weighted by molar-refractivity contribution is 8.01. The van der Waals surface area contributed by atoms with Crippen LogP contribution in [-0.2, 0) is 54.6 Å². The molecule has 1 unspecified atom stereocenters. The number of alkyl carbamates (subject to hydrolysis) is 1. The minimum absolute atomic E-state index is 0.0110. The van der Waals surface area contributed by atoms with Gasteiger partial charge in [-0.2, -0.15) is 0 Å². The van der Waals surface area contributed by atoms with Crippen LogP contribution in [0.15, 0.2) is 101 Å². The number of halogens is 3. The van der Waals surface area contributed by atoms with E-state index in [9.17, 15) is 33.6 Å². The van der Waals surface area contributed by atoms with Gasteiger partial charge in [0.05, 0.1) is 0 Å². The van der Waals surface area contributed by atoms with Gasteiger partial charge in [0.25, 0.3) is 11.8 Å². The highest BCUT2D eigenvalue weighted by atomic mass is 35.6. The number of carbonyl (C=O) groups excluding carboxylic acids is 7. The fraction of sp³-hybridized carbons (Fsp3) is 0.404. The first-order valence-corrected chi connectivity index (χ1v) is 25.3. The van der Waals surface area contributed by atoms with E-state index < -0.39 is 100.0 Å².